The van der Waals surface area contributed by atoms with E-state index in [1.807, 2.05) is 6.07 Å². The van der Waals surface area contributed by atoms with Gasteiger partial charge in [-0.1, -0.05) is 30.3 Å². The van der Waals surface area contributed by atoms with Gasteiger partial charge >= 0.3 is 0 Å². The van der Waals surface area contributed by atoms with Crippen LogP contribution in [-0.4, -0.2) is 56.0 Å². The number of ether oxygens (including phenoxy) is 1. The van der Waals surface area contributed by atoms with E-state index < -0.39 is 0 Å². The van der Waals surface area contributed by atoms with Crippen molar-refractivity contribution in [2.24, 2.45) is 0 Å². The van der Waals surface area contributed by atoms with Crippen LogP contribution in [0.5, 0.6) is 0 Å². The summed E-state index contributed by atoms with van der Waals surface area (Å²) in [5.74, 6) is 0. The Labute approximate surface area is 121 Å². The summed E-state index contributed by atoms with van der Waals surface area (Å²) in [6.07, 6.45) is 2.47. The van der Waals surface area contributed by atoms with Crippen LogP contribution in [0, 0.1) is 0 Å². The van der Waals surface area contributed by atoms with E-state index in [1.165, 1.54) is 18.4 Å². The molecule has 20 heavy (non-hydrogen) atoms. The predicted molar refractivity (Wildman–Crippen MR) is 80.7 cm³/mol. The van der Waals surface area contributed by atoms with Gasteiger partial charge in [-0.15, -0.1) is 0 Å². The molecule has 2 atom stereocenters. The minimum absolute atomic E-state index is 0.180. The lowest BCUT2D eigenvalue weighted by atomic mass is 10.0. The Morgan fingerprint density at radius 1 is 1.40 bits per heavy atom. The summed E-state index contributed by atoms with van der Waals surface area (Å²) in [7, 11) is 1.74. The molecule has 2 N–H and O–H groups in total. The highest BCUT2D eigenvalue weighted by molar-refractivity contribution is 5.19. The van der Waals surface area contributed by atoms with Crippen LogP contribution in [0.2, 0.25) is 0 Å². The Morgan fingerprint density at radius 3 is 2.80 bits per heavy atom. The number of methoxy groups -OCH3 is 1. The Morgan fingerprint density at radius 2 is 2.20 bits per heavy atom. The molecule has 0 saturated carbocycles. The summed E-state index contributed by atoms with van der Waals surface area (Å²) in [5.41, 5.74) is 1.25. The van der Waals surface area contributed by atoms with Gasteiger partial charge in [-0.3, -0.25) is 4.90 Å². The molecule has 4 heteroatoms. The van der Waals surface area contributed by atoms with Gasteiger partial charge in [0.2, 0.25) is 0 Å². The van der Waals surface area contributed by atoms with Crippen LogP contribution in [-0.2, 0) is 4.74 Å². The van der Waals surface area contributed by atoms with E-state index in [1.54, 1.807) is 7.11 Å². The maximum absolute atomic E-state index is 9.37. The molecule has 1 aromatic rings. The molecule has 1 heterocycles. The Bertz CT molecular complexity index is 366. The summed E-state index contributed by atoms with van der Waals surface area (Å²) in [4.78, 5) is 2.34. The van der Waals surface area contributed by atoms with Gasteiger partial charge in [-0.05, 0) is 24.9 Å². The summed E-state index contributed by atoms with van der Waals surface area (Å²) in [6.45, 7) is 3.58. The number of nitrogens with zero attached hydrogens (tertiary/aromatic N) is 1. The largest absolute Gasteiger partial charge is 0.395 e. The molecule has 1 aromatic carbocycles. The molecule has 0 radical (unpaired) electrons. The fourth-order valence-corrected chi connectivity index (χ4v) is 2.94. The molecule has 0 bridgehead atoms. The average Bonchev–Trinajstić information content (AvgIpc) is 2.98. The molecular weight excluding hydrogens is 252 g/mol. The minimum Gasteiger partial charge on any atom is -0.395 e. The van der Waals surface area contributed by atoms with Crippen LogP contribution in [0.15, 0.2) is 30.3 Å². The molecule has 0 amide bonds. The van der Waals surface area contributed by atoms with Gasteiger partial charge in [-0.25, -0.2) is 0 Å². The molecule has 1 aliphatic rings. The standard InChI is InChI=1S/C16H26N2O2/c1-20-13-16(14-6-3-2-4-7-14)18(10-11-19)12-15-8-5-9-17-15/h2-4,6-7,15-17,19H,5,8-13H2,1H3. The maximum Gasteiger partial charge on any atom is 0.0659 e. The van der Waals surface area contributed by atoms with E-state index in [0.29, 0.717) is 19.2 Å². The van der Waals surface area contributed by atoms with Crippen molar-refractivity contribution in [1.29, 1.82) is 0 Å². The quantitative estimate of drug-likeness (QED) is 0.755. The van der Waals surface area contributed by atoms with Gasteiger partial charge in [0.25, 0.3) is 0 Å². The first kappa shape index (κ1) is 15.4. The average molecular weight is 278 g/mol. The molecule has 0 aromatic heterocycles. The van der Waals surface area contributed by atoms with Crippen molar-refractivity contribution in [1.82, 2.24) is 10.2 Å². The van der Waals surface area contributed by atoms with Crippen molar-refractivity contribution in [3.05, 3.63) is 35.9 Å². The molecule has 2 rings (SSSR count). The van der Waals surface area contributed by atoms with E-state index in [0.717, 1.165) is 13.1 Å². The second-order valence-corrected chi connectivity index (χ2v) is 5.39. The third-order valence-corrected chi connectivity index (χ3v) is 3.95. The third kappa shape index (κ3) is 4.28. The first-order chi connectivity index (χ1) is 9.85. The second kappa shape index (κ2) is 8.37. The predicted octanol–water partition coefficient (Wildman–Crippen LogP) is 1.42. The van der Waals surface area contributed by atoms with E-state index in [2.05, 4.69) is 34.5 Å². The number of benzene rings is 1. The SMILES string of the molecule is COCC(c1ccccc1)N(CCO)CC1CCCN1. The lowest BCUT2D eigenvalue weighted by Crippen LogP contribution is -2.42. The van der Waals surface area contributed by atoms with Crippen molar-refractivity contribution >= 4 is 0 Å². The van der Waals surface area contributed by atoms with Gasteiger partial charge < -0.3 is 15.2 Å². The number of rotatable bonds is 8. The molecular formula is C16H26N2O2. The zero-order chi connectivity index (χ0) is 14.2. The number of aliphatic hydroxyl groups is 1. The lowest BCUT2D eigenvalue weighted by Gasteiger charge is -2.33. The molecule has 112 valence electrons. The van der Waals surface area contributed by atoms with Gasteiger partial charge in [0.15, 0.2) is 0 Å². The van der Waals surface area contributed by atoms with Gasteiger partial charge in [-0.2, -0.15) is 0 Å². The number of aliphatic hydroxyl groups excluding tert-OH is 1. The lowest BCUT2D eigenvalue weighted by molar-refractivity contribution is 0.0707. The zero-order valence-corrected chi connectivity index (χ0v) is 12.3. The molecule has 2 unspecified atom stereocenters. The van der Waals surface area contributed by atoms with Crippen molar-refractivity contribution < 1.29 is 9.84 Å². The van der Waals surface area contributed by atoms with Crippen LogP contribution < -0.4 is 5.32 Å². The topological polar surface area (TPSA) is 44.7 Å². The zero-order valence-electron chi connectivity index (χ0n) is 12.3. The fraction of sp³-hybridized carbons (Fsp3) is 0.625. The highest BCUT2D eigenvalue weighted by Gasteiger charge is 2.24. The maximum atomic E-state index is 9.37. The van der Waals surface area contributed by atoms with Crippen molar-refractivity contribution in [2.75, 3.05) is 40.0 Å². The van der Waals surface area contributed by atoms with Gasteiger partial charge in [0.05, 0.1) is 19.3 Å². The smallest absolute Gasteiger partial charge is 0.0659 e. The molecule has 0 spiro atoms. The second-order valence-electron chi connectivity index (χ2n) is 5.39. The highest BCUT2D eigenvalue weighted by Crippen LogP contribution is 2.22. The normalized spacial score (nSPS) is 20.4. The molecule has 1 fully saturated rings. The molecule has 0 aliphatic carbocycles. The van der Waals surface area contributed by atoms with Crippen molar-refractivity contribution in [2.45, 2.75) is 24.9 Å². The van der Waals surface area contributed by atoms with Crippen LogP contribution in [0.4, 0.5) is 0 Å². The third-order valence-electron chi connectivity index (χ3n) is 3.95. The first-order valence-corrected chi connectivity index (χ1v) is 7.47. The molecule has 4 nitrogen and oxygen atoms in total. The summed E-state index contributed by atoms with van der Waals surface area (Å²) < 4.78 is 5.41. The van der Waals surface area contributed by atoms with Crippen LogP contribution in [0.3, 0.4) is 0 Å². The Hall–Kier alpha value is -0.940. The summed E-state index contributed by atoms with van der Waals surface area (Å²) in [5, 5.41) is 12.9. The van der Waals surface area contributed by atoms with Crippen molar-refractivity contribution in [3.8, 4) is 0 Å². The van der Waals surface area contributed by atoms with Crippen LogP contribution in [0.25, 0.3) is 0 Å². The monoisotopic (exact) mass is 278 g/mol. The van der Waals surface area contributed by atoms with Gasteiger partial charge in [0, 0.05) is 26.2 Å². The van der Waals surface area contributed by atoms with E-state index in [4.69, 9.17) is 4.74 Å². The summed E-state index contributed by atoms with van der Waals surface area (Å²) in [6, 6.07) is 11.2. The Balaban J connectivity index is 2.09. The first-order valence-electron chi connectivity index (χ1n) is 7.47. The minimum atomic E-state index is 0.180. The van der Waals surface area contributed by atoms with E-state index in [-0.39, 0.29) is 12.6 Å². The van der Waals surface area contributed by atoms with Crippen LogP contribution in [0.1, 0.15) is 24.4 Å². The Kier molecular flexibility index (Phi) is 6.47. The molecule has 1 aliphatic heterocycles. The van der Waals surface area contributed by atoms with Gasteiger partial charge in [0.1, 0.15) is 0 Å². The van der Waals surface area contributed by atoms with Crippen LogP contribution >= 0.6 is 0 Å². The molecule has 1 saturated heterocycles. The number of hydrogen-bond acceptors (Lipinski definition) is 4. The van der Waals surface area contributed by atoms with E-state index >= 15 is 0 Å². The highest BCUT2D eigenvalue weighted by atomic mass is 16.5. The van der Waals surface area contributed by atoms with Crippen molar-refractivity contribution in [3.63, 3.8) is 0 Å². The number of hydrogen-bond donors (Lipinski definition) is 2. The number of nitrogens with one attached hydrogen (secondary N) is 1. The fourth-order valence-electron chi connectivity index (χ4n) is 2.94. The summed E-state index contributed by atoms with van der Waals surface area (Å²) >= 11 is 0. The van der Waals surface area contributed by atoms with E-state index in [9.17, 15) is 5.11 Å².